The summed E-state index contributed by atoms with van der Waals surface area (Å²) in [5.41, 5.74) is 3.66. The van der Waals surface area contributed by atoms with E-state index in [0.29, 0.717) is 16.3 Å². The first-order valence-corrected chi connectivity index (χ1v) is 8.76. The van der Waals surface area contributed by atoms with Gasteiger partial charge in [-0.05, 0) is 60.2 Å². The lowest BCUT2D eigenvalue weighted by atomic mass is 10.00. The maximum atomic E-state index is 13.4. The van der Waals surface area contributed by atoms with Gasteiger partial charge in [0.05, 0.1) is 5.69 Å². The molecule has 27 heavy (non-hydrogen) atoms. The number of hydrazone groups is 1. The van der Waals surface area contributed by atoms with E-state index in [0.717, 1.165) is 16.8 Å². The van der Waals surface area contributed by atoms with E-state index in [2.05, 4.69) is 5.10 Å². The fourth-order valence-electron chi connectivity index (χ4n) is 2.91. The lowest BCUT2D eigenvalue weighted by Gasteiger charge is -2.13. The zero-order valence-electron chi connectivity index (χ0n) is 14.2. The first kappa shape index (κ1) is 17.2. The highest BCUT2D eigenvalue weighted by Crippen LogP contribution is 2.28. The molecule has 1 heterocycles. The lowest BCUT2D eigenvalue weighted by Crippen LogP contribution is -2.20. The van der Waals surface area contributed by atoms with Gasteiger partial charge in [0.2, 0.25) is 0 Å². The molecule has 0 saturated heterocycles. The molecule has 1 aliphatic heterocycles. The van der Waals surface area contributed by atoms with Gasteiger partial charge in [0, 0.05) is 16.2 Å². The summed E-state index contributed by atoms with van der Waals surface area (Å²) in [6.45, 7) is 0. The van der Waals surface area contributed by atoms with E-state index in [1.54, 1.807) is 23.2 Å². The number of amidine groups is 1. The molecule has 3 aromatic rings. The van der Waals surface area contributed by atoms with Crippen molar-refractivity contribution in [1.82, 2.24) is 0 Å². The summed E-state index contributed by atoms with van der Waals surface area (Å²) in [5.74, 6) is -0.0618. The maximum Gasteiger partial charge on any atom is 0.156 e. The van der Waals surface area contributed by atoms with Crippen LogP contribution in [-0.2, 0) is 0 Å². The van der Waals surface area contributed by atoms with Crippen LogP contribution >= 0.6 is 11.6 Å². The summed E-state index contributed by atoms with van der Waals surface area (Å²) < 4.78 is 13.4. The van der Waals surface area contributed by atoms with Crippen LogP contribution in [-0.4, -0.2) is 11.5 Å². The molecule has 3 nitrogen and oxygen atoms in total. The molecule has 0 atom stereocenters. The minimum absolute atomic E-state index is 0.250. The molecule has 5 heteroatoms. The Hall–Kier alpha value is -3.24. The molecule has 4 rings (SSSR count). The minimum Gasteiger partial charge on any atom is -0.282 e. The normalized spacial score (nSPS) is 15.3. The van der Waals surface area contributed by atoms with Gasteiger partial charge in [-0.2, -0.15) is 5.10 Å². The van der Waals surface area contributed by atoms with Crippen LogP contribution in [0.15, 0.2) is 89.5 Å². The minimum atomic E-state index is -0.312. The summed E-state index contributed by atoms with van der Waals surface area (Å²) in [6.07, 6.45) is 1.87. The molecule has 0 saturated carbocycles. The molecule has 3 aromatic carbocycles. The summed E-state index contributed by atoms with van der Waals surface area (Å²) in [7, 11) is 0. The van der Waals surface area contributed by atoms with Crippen LogP contribution in [0.1, 0.15) is 11.1 Å². The fourth-order valence-corrected chi connectivity index (χ4v) is 3.11. The van der Waals surface area contributed by atoms with Gasteiger partial charge in [-0.25, -0.2) is 9.40 Å². The summed E-state index contributed by atoms with van der Waals surface area (Å²) in [4.78, 5) is 0. The number of nitrogens with one attached hydrogen (secondary N) is 1. The fraction of sp³-hybridized carbons (Fsp3) is 0. The van der Waals surface area contributed by atoms with E-state index in [1.807, 2.05) is 54.6 Å². The topological polar surface area (TPSA) is 39.5 Å². The number of rotatable bonds is 3. The highest BCUT2D eigenvalue weighted by Gasteiger charge is 2.28. The smallest absolute Gasteiger partial charge is 0.156 e. The average Bonchev–Trinajstić information content (AvgIpc) is 3.00. The van der Waals surface area contributed by atoms with E-state index >= 15 is 0 Å². The van der Waals surface area contributed by atoms with E-state index in [9.17, 15) is 4.39 Å². The highest BCUT2D eigenvalue weighted by molar-refractivity contribution is 6.38. The molecular formula is C22H15ClFN3. The Kier molecular flexibility index (Phi) is 4.57. The van der Waals surface area contributed by atoms with Gasteiger partial charge in [0.1, 0.15) is 11.5 Å². The lowest BCUT2D eigenvalue weighted by molar-refractivity contribution is 0.628. The van der Waals surface area contributed by atoms with Crippen molar-refractivity contribution in [1.29, 1.82) is 5.41 Å². The number of nitrogens with zero attached hydrogens (tertiary/aromatic N) is 2. The highest BCUT2D eigenvalue weighted by atomic mass is 35.5. The average molecular weight is 376 g/mol. The third-order valence-corrected chi connectivity index (χ3v) is 4.44. The quantitative estimate of drug-likeness (QED) is 0.620. The molecule has 0 spiro atoms. The predicted octanol–water partition coefficient (Wildman–Crippen LogP) is 5.76. The van der Waals surface area contributed by atoms with Gasteiger partial charge >= 0.3 is 0 Å². The number of anilines is 1. The molecule has 0 bridgehead atoms. The van der Waals surface area contributed by atoms with Crippen molar-refractivity contribution in [2.24, 2.45) is 5.10 Å². The Morgan fingerprint density at radius 2 is 1.67 bits per heavy atom. The molecule has 0 amide bonds. The first-order valence-electron chi connectivity index (χ1n) is 8.38. The Balaban J connectivity index is 1.83. The van der Waals surface area contributed by atoms with Crippen LogP contribution in [0.4, 0.5) is 10.1 Å². The van der Waals surface area contributed by atoms with Crippen molar-refractivity contribution in [2.45, 2.75) is 0 Å². The van der Waals surface area contributed by atoms with Crippen molar-refractivity contribution in [2.75, 3.05) is 5.01 Å². The molecule has 0 unspecified atom stereocenters. The number of halogens is 2. The Bertz CT molecular complexity index is 1060. The summed E-state index contributed by atoms with van der Waals surface area (Å²) >= 11 is 6.10. The zero-order valence-corrected chi connectivity index (χ0v) is 15.0. The molecule has 0 aromatic heterocycles. The number of para-hydroxylation sites is 1. The van der Waals surface area contributed by atoms with E-state index in [1.165, 1.54) is 12.1 Å². The van der Waals surface area contributed by atoms with Gasteiger partial charge in [-0.1, -0.05) is 41.9 Å². The van der Waals surface area contributed by atoms with Gasteiger partial charge in [0.15, 0.2) is 5.84 Å². The molecule has 132 valence electrons. The number of hydrogen-bond acceptors (Lipinski definition) is 2. The maximum absolute atomic E-state index is 13.4. The first-order chi connectivity index (χ1) is 13.1. The van der Waals surface area contributed by atoms with Crippen LogP contribution in [0.5, 0.6) is 0 Å². The van der Waals surface area contributed by atoms with Crippen LogP contribution < -0.4 is 5.01 Å². The number of hydrogen-bond donors (Lipinski definition) is 1. The molecular weight excluding hydrogens is 361 g/mol. The van der Waals surface area contributed by atoms with Crippen molar-refractivity contribution < 1.29 is 4.39 Å². The largest absolute Gasteiger partial charge is 0.282 e. The summed E-state index contributed by atoms with van der Waals surface area (Å²) in [6, 6.07) is 23.0. The third-order valence-electron chi connectivity index (χ3n) is 4.20. The van der Waals surface area contributed by atoms with Crippen molar-refractivity contribution >= 4 is 34.9 Å². The Labute approximate surface area is 161 Å². The van der Waals surface area contributed by atoms with Crippen molar-refractivity contribution in [3.8, 4) is 0 Å². The number of benzene rings is 3. The van der Waals surface area contributed by atoms with E-state index in [4.69, 9.17) is 17.0 Å². The van der Waals surface area contributed by atoms with Crippen LogP contribution in [0.3, 0.4) is 0 Å². The SMILES string of the molecule is N=C1/C(=C/c2cccc(Cl)c2)C(c2ccc(F)cc2)=NN1c1ccccc1. The van der Waals surface area contributed by atoms with E-state index < -0.39 is 0 Å². The van der Waals surface area contributed by atoms with Crippen LogP contribution in [0.25, 0.3) is 6.08 Å². The molecule has 1 N–H and O–H groups in total. The van der Waals surface area contributed by atoms with Gasteiger partial charge in [-0.3, -0.25) is 5.41 Å². The zero-order chi connectivity index (χ0) is 18.8. The molecule has 0 aliphatic carbocycles. The second kappa shape index (κ2) is 7.17. The second-order valence-corrected chi connectivity index (χ2v) is 6.50. The Morgan fingerprint density at radius 1 is 0.926 bits per heavy atom. The molecule has 0 fully saturated rings. The standard InChI is InChI=1S/C22H15ClFN3/c23-17-6-4-5-15(13-17)14-20-21(16-9-11-18(24)12-10-16)26-27(22(20)25)19-7-2-1-3-8-19/h1-14,25H/b20-14+,25-22?. The predicted molar refractivity (Wildman–Crippen MR) is 109 cm³/mol. The molecule has 1 aliphatic rings. The van der Waals surface area contributed by atoms with Crippen LogP contribution in [0, 0.1) is 11.2 Å². The van der Waals surface area contributed by atoms with Gasteiger partial charge in [0.25, 0.3) is 0 Å². The van der Waals surface area contributed by atoms with Crippen molar-refractivity contribution in [3.63, 3.8) is 0 Å². The second-order valence-electron chi connectivity index (χ2n) is 6.06. The Morgan fingerprint density at radius 3 is 2.37 bits per heavy atom. The van der Waals surface area contributed by atoms with Crippen LogP contribution in [0.2, 0.25) is 5.02 Å². The van der Waals surface area contributed by atoms with Gasteiger partial charge < -0.3 is 0 Å². The van der Waals surface area contributed by atoms with Crippen molar-refractivity contribution in [3.05, 3.63) is 106 Å². The summed E-state index contributed by atoms with van der Waals surface area (Å²) in [5, 5.41) is 15.5. The monoisotopic (exact) mass is 375 g/mol. The van der Waals surface area contributed by atoms with E-state index in [-0.39, 0.29) is 11.7 Å². The molecule has 0 radical (unpaired) electrons. The van der Waals surface area contributed by atoms with Gasteiger partial charge in [-0.15, -0.1) is 0 Å². The third kappa shape index (κ3) is 3.52.